The summed E-state index contributed by atoms with van der Waals surface area (Å²) in [6.07, 6.45) is 1.13. The lowest BCUT2D eigenvalue weighted by Crippen LogP contribution is -2.23. The molecule has 0 aliphatic carbocycles. The Kier molecular flexibility index (Phi) is 4.30. The number of nitrogens with zero attached hydrogens (tertiary/aromatic N) is 2. The predicted octanol–water partition coefficient (Wildman–Crippen LogP) is 3.11. The van der Waals surface area contributed by atoms with Gasteiger partial charge < -0.3 is 5.32 Å². The molecular weight excluding hydrogens is 198 g/mol. The molecule has 16 heavy (non-hydrogen) atoms. The highest BCUT2D eigenvalue weighted by molar-refractivity contribution is 5.44. The van der Waals surface area contributed by atoms with E-state index in [2.05, 4.69) is 37.1 Å². The Morgan fingerprint density at radius 1 is 1.44 bits per heavy atom. The summed E-state index contributed by atoms with van der Waals surface area (Å²) in [5.74, 6) is 1.39. The molecule has 1 aromatic rings. The summed E-state index contributed by atoms with van der Waals surface area (Å²) in [6, 6.07) is 6.10. The first-order chi connectivity index (χ1) is 7.56. The summed E-state index contributed by atoms with van der Waals surface area (Å²) < 4.78 is 0. The zero-order chi connectivity index (χ0) is 12.1. The number of rotatable bonds is 4. The number of hydrogen-bond acceptors (Lipinski definition) is 3. The van der Waals surface area contributed by atoms with Crippen LogP contribution in [-0.2, 0) is 0 Å². The molecule has 0 bridgehead atoms. The highest BCUT2D eigenvalue weighted by atomic mass is 15.0. The largest absolute Gasteiger partial charge is 0.367 e. The van der Waals surface area contributed by atoms with Crippen LogP contribution in [0.5, 0.6) is 0 Å². The molecule has 1 aromatic heterocycles. The van der Waals surface area contributed by atoms with E-state index in [1.54, 1.807) is 12.1 Å². The molecular formula is C13H19N3. The van der Waals surface area contributed by atoms with Gasteiger partial charge in [0, 0.05) is 11.7 Å². The minimum Gasteiger partial charge on any atom is -0.367 e. The van der Waals surface area contributed by atoms with Crippen molar-refractivity contribution in [1.82, 2.24) is 4.98 Å². The van der Waals surface area contributed by atoms with Gasteiger partial charge in [0.05, 0.1) is 11.6 Å². The van der Waals surface area contributed by atoms with Gasteiger partial charge in [-0.2, -0.15) is 5.26 Å². The molecule has 86 valence electrons. The van der Waals surface area contributed by atoms with E-state index in [9.17, 15) is 0 Å². The number of aryl methyl sites for hydroxylation is 1. The number of nitriles is 1. The maximum Gasteiger partial charge on any atom is 0.127 e. The van der Waals surface area contributed by atoms with Crippen molar-refractivity contribution >= 4 is 5.82 Å². The summed E-state index contributed by atoms with van der Waals surface area (Å²) in [5, 5.41) is 12.2. The topological polar surface area (TPSA) is 48.7 Å². The molecule has 2 atom stereocenters. The Bertz CT molecular complexity index is 393. The number of hydrogen-bond donors (Lipinski definition) is 1. The second kappa shape index (κ2) is 5.50. The minimum atomic E-state index is 0.367. The van der Waals surface area contributed by atoms with Gasteiger partial charge in [-0.3, -0.25) is 0 Å². The van der Waals surface area contributed by atoms with Gasteiger partial charge in [0.25, 0.3) is 0 Å². The van der Waals surface area contributed by atoms with E-state index in [0.29, 0.717) is 17.5 Å². The fourth-order valence-corrected chi connectivity index (χ4v) is 1.54. The van der Waals surface area contributed by atoms with Crippen LogP contribution in [0.3, 0.4) is 0 Å². The Morgan fingerprint density at radius 2 is 2.12 bits per heavy atom. The lowest BCUT2D eigenvalue weighted by atomic mass is 10.0. The zero-order valence-electron chi connectivity index (χ0n) is 10.4. The molecule has 1 heterocycles. The molecule has 0 spiro atoms. The zero-order valence-corrected chi connectivity index (χ0v) is 10.4. The second-order valence-electron chi connectivity index (χ2n) is 4.31. The molecule has 3 nitrogen and oxygen atoms in total. The molecule has 0 amide bonds. The average Bonchev–Trinajstić information content (AvgIpc) is 2.26. The van der Waals surface area contributed by atoms with Crippen LogP contribution < -0.4 is 5.32 Å². The monoisotopic (exact) mass is 217 g/mol. The smallest absolute Gasteiger partial charge is 0.127 e. The average molecular weight is 217 g/mol. The Hall–Kier alpha value is -1.56. The number of pyridine rings is 1. The standard InChI is InChI=1S/C13H19N3/c1-5-9(2)11(4)16-13-7-12(8-14)6-10(3)15-13/h6-7,9,11H,5H2,1-4H3,(H,15,16). The molecule has 0 saturated heterocycles. The van der Waals surface area contributed by atoms with Crippen LogP contribution in [0.4, 0.5) is 5.82 Å². The first-order valence-corrected chi connectivity index (χ1v) is 5.72. The van der Waals surface area contributed by atoms with Crippen LogP contribution in [0, 0.1) is 24.2 Å². The van der Waals surface area contributed by atoms with Gasteiger partial charge >= 0.3 is 0 Å². The van der Waals surface area contributed by atoms with Crippen molar-refractivity contribution in [3.05, 3.63) is 23.4 Å². The number of nitrogens with one attached hydrogen (secondary N) is 1. The molecule has 0 saturated carbocycles. The van der Waals surface area contributed by atoms with E-state index >= 15 is 0 Å². The molecule has 0 aliphatic heterocycles. The highest BCUT2D eigenvalue weighted by Gasteiger charge is 2.10. The van der Waals surface area contributed by atoms with E-state index in [4.69, 9.17) is 5.26 Å². The first-order valence-electron chi connectivity index (χ1n) is 5.72. The fraction of sp³-hybridized carbons (Fsp3) is 0.538. The van der Waals surface area contributed by atoms with Gasteiger partial charge in [0.15, 0.2) is 0 Å². The Labute approximate surface area is 97.5 Å². The van der Waals surface area contributed by atoms with E-state index < -0.39 is 0 Å². The van der Waals surface area contributed by atoms with Gasteiger partial charge in [0.2, 0.25) is 0 Å². The van der Waals surface area contributed by atoms with Crippen LogP contribution in [0.1, 0.15) is 38.4 Å². The number of aromatic nitrogens is 1. The molecule has 0 aromatic carbocycles. The van der Waals surface area contributed by atoms with Crippen molar-refractivity contribution in [3.8, 4) is 6.07 Å². The molecule has 2 unspecified atom stereocenters. The van der Waals surface area contributed by atoms with Gasteiger partial charge in [0.1, 0.15) is 5.82 Å². The summed E-state index contributed by atoms with van der Waals surface area (Å²) >= 11 is 0. The van der Waals surface area contributed by atoms with Crippen LogP contribution in [0.25, 0.3) is 0 Å². The van der Waals surface area contributed by atoms with Crippen molar-refractivity contribution in [2.24, 2.45) is 5.92 Å². The van der Waals surface area contributed by atoms with Gasteiger partial charge in [-0.1, -0.05) is 20.3 Å². The van der Waals surface area contributed by atoms with Crippen LogP contribution in [-0.4, -0.2) is 11.0 Å². The molecule has 1 N–H and O–H groups in total. The lowest BCUT2D eigenvalue weighted by molar-refractivity contribution is 0.493. The molecule has 0 aliphatic rings. The summed E-state index contributed by atoms with van der Waals surface area (Å²) in [7, 11) is 0. The van der Waals surface area contributed by atoms with Crippen molar-refractivity contribution in [2.75, 3.05) is 5.32 Å². The normalized spacial score (nSPS) is 13.9. The molecule has 0 radical (unpaired) electrons. The van der Waals surface area contributed by atoms with E-state index in [1.807, 2.05) is 6.92 Å². The van der Waals surface area contributed by atoms with Crippen LogP contribution in [0.2, 0.25) is 0 Å². The summed E-state index contributed by atoms with van der Waals surface area (Å²) in [6.45, 7) is 8.43. The quantitative estimate of drug-likeness (QED) is 0.843. The van der Waals surface area contributed by atoms with E-state index in [0.717, 1.165) is 17.9 Å². The van der Waals surface area contributed by atoms with Crippen LogP contribution in [0.15, 0.2) is 12.1 Å². The molecule has 1 rings (SSSR count). The number of anilines is 1. The van der Waals surface area contributed by atoms with Crippen molar-refractivity contribution in [1.29, 1.82) is 5.26 Å². The SMILES string of the molecule is CCC(C)C(C)Nc1cc(C#N)cc(C)n1. The van der Waals surface area contributed by atoms with E-state index in [1.165, 1.54) is 0 Å². The van der Waals surface area contributed by atoms with Crippen molar-refractivity contribution in [2.45, 2.75) is 40.2 Å². The fourth-order valence-electron chi connectivity index (χ4n) is 1.54. The molecule has 3 heteroatoms. The predicted molar refractivity (Wildman–Crippen MR) is 66.2 cm³/mol. The third-order valence-electron chi connectivity index (χ3n) is 2.96. The Morgan fingerprint density at radius 3 is 2.69 bits per heavy atom. The van der Waals surface area contributed by atoms with Gasteiger partial charge in [-0.15, -0.1) is 0 Å². The van der Waals surface area contributed by atoms with Gasteiger partial charge in [-0.25, -0.2) is 4.98 Å². The maximum absolute atomic E-state index is 8.87. The van der Waals surface area contributed by atoms with Crippen molar-refractivity contribution < 1.29 is 0 Å². The third-order valence-corrected chi connectivity index (χ3v) is 2.96. The van der Waals surface area contributed by atoms with Crippen molar-refractivity contribution in [3.63, 3.8) is 0 Å². The highest BCUT2D eigenvalue weighted by Crippen LogP contribution is 2.15. The second-order valence-corrected chi connectivity index (χ2v) is 4.31. The van der Waals surface area contributed by atoms with Gasteiger partial charge in [-0.05, 0) is 31.9 Å². The molecule has 0 fully saturated rings. The maximum atomic E-state index is 8.87. The third kappa shape index (κ3) is 3.23. The summed E-state index contributed by atoms with van der Waals surface area (Å²) in [4.78, 5) is 4.38. The Balaban J connectivity index is 2.81. The van der Waals surface area contributed by atoms with Crippen LogP contribution >= 0.6 is 0 Å². The lowest BCUT2D eigenvalue weighted by Gasteiger charge is -2.20. The summed E-state index contributed by atoms with van der Waals surface area (Å²) in [5.41, 5.74) is 1.53. The first kappa shape index (κ1) is 12.5. The van der Waals surface area contributed by atoms with E-state index in [-0.39, 0.29) is 0 Å². The minimum absolute atomic E-state index is 0.367.